The molecule has 2 aromatic carbocycles. The number of benzene rings is 2. The molecule has 0 unspecified atom stereocenters. The number of fused-ring (bicyclic) bond motifs is 1. The van der Waals surface area contributed by atoms with Crippen LogP contribution in [-0.2, 0) is 11.3 Å². The molecule has 0 saturated heterocycles. The first kappa shape index (κ1) is 19.4. The van der Waals surface area contributed by atoms with E-state index < -0.39 is 0 Å². The number of carbonyl (C=O) groups is 1. The number of H-pyrrole nitrogens is 1. The van der Waals surface area contributed by atoms with Gasteiger partial charge in [0.1, 0.15) is 5.82 Å². The molecule has 1 amide bonds. The van der Waals surface area contributed by atoms with Gasteiger partial charge in [0.25, 0.3) is 5.56 Å². The third-order valence-corrected chi connectivity index (χ3v) is 4.52. The summed E-state index contributed by atoms with van der Waals surface area (Å²) in [6, 6.07) is 11.8. The van der Waals surface area contributed by atoms with Crippen molar-refractivity contribution in [1.82, 2.24) is 14.9 Å². The van der Waals surface area contributed by atoms with Crippen LogP contribution in [0.4, 0.5) is 5.69 Å². The summed E-state index contributed by atoms with van der Waals surface area (Å²) in [4.78, 5) is 33.6. The van der Waals surface area contributed by atoms with E-state index >= 15 is 0 Å². The minimum Gasteiger partial charge on any atom is -0.325 e. The average Bonchev–Trinajstić information content (AvgIpc) is 2.62. The molecular formula is C19H18Cl2N4O2. The fourth-order valence-corrected chi connectivity index (χ4v) is 2.96. The minimum absolute atomic E-state index is 0.162. The predicted molar refractivity (Wildman–Crippen MR) is 108 cm³/mol. The van der Waals surface area contributed by atoms with Crippen molar-refractivity contribution in [2.75, 3.05) is 18.4 Å². The van der Waals surface area contributed by atoms with Crippen molar-refractivity contribution in [3.8, 4) is 0 Å². The van der Waals surface area contributed by atoms with E-state index in [1.165, 1.54) is 0 Å². The molecule has 0 saturated carbocycles. The van der Waals surface area contributed by atoms with Gasteiger partial charge in [-0.1, -0.05) is 30.1 Å². The molecule has 3 rings (SSSR count). The maximum Gasteiger partial charge on any atom is 0.258 e. The van der Waals surface area contributed by atoms with Gasteiger partial charge in [-0.2, -0.15) is 0 Å². The van der Waals surface area contributed by atoms with Gasteiger partial charge in [-0.15, -0.1) is 0 Å². The van der Waals surface area contributed by atoms with Gasteiger partial charge in [-0.25, -0.2) is 4.98 Å². The lowest BCUT2D eigenvalue weighted by Gasteiger charge is -2.19. The lowest BCUT2D eigenvalue weighted by molar-refractivity contribution is -0.117. The highest BCUT2D eigenvalue weighted by Gasteiger charge is 2.13. The summed E-state index contributed by atoms with van der Waals surface area (Å²) in [5, 5.41) is 4.42. The van der Waals surface area contributed by atoms with Gasteiger partial charge >= 0.3 is 0 Å². The Morgan fingerprint density at radius 2 is 1.85 bits per heavy atom. The van der Waals surface area contributed by atoms with Gasteiger partial charge in [0.15, 0.2) is 0 Å². The van der Waals surface area contributed by atoms with Crippen molar-refractivity contribution < 1.29 is 4.79 Å². The zero-order valence-corrected chi connectivity index (χ0v) is 16.1. The first-order valence-corrected chi connectivity index (χ1v) is 9.16. The second kappa shape index (κ2) is 8.52. The molecule has 6 nitrogen and oxygen atoms in total. The number of nitrogens with zero attached hydrogens (tertiary/aromatic N) is 2. The van der Waals surface area contributed by atoms with Crippen LogP contribution < -0.4 is 10.9 Å². The largest absolute Gasteiger partial charge is 0.325 e. The van der Waals surface area contributed by atoms with E-state index in [2.05, 4.69) is 15.3 Å². The summed E-state index contributed by atoms with van der Waals surface area (Å²) in [5.74, 6) is 0.321. The second-order valence-electron chi connectivity index (χ2n) is 6.03. The fourth-order valence-electron chi connectivity index (χ4n) is 2.66. The van der Waals surface area contributed by atoms with Crippen LogP contribution in [0.2, 0.25) is 10.0 Å². The zero-order chi connectivity index (χ0) is 19.4. The number of hydrogen-bond donors (Lipinski definition) is 2. The lowest BCUT2D eigenvalue weighted by atomic mass is 10.2. The molecule has 0 aliphatic rings. The summed E-state index contributed by atoms with van der Waals surface area (Å²) in [6.45, 7) is 3.05. The number of amides is 1. The predicted octanol–water partition coefficient (Wildman–Crippen LogP) is 3.69. The first-order chi connectivity index (χ1) is 12.9. The smallest absolute Gasteiger partial charge is 0.258 e. The van der Waals surface area contributed by atoms with Gasteiger partial charge < -0.3 is 10.3 Å². The molecule has 1 aromatic heterocycles. The van der Waals surface area contributed by atoms with E-state index in [0.717, 1.165) is 0 Å². The van der Waals surface area contributed by atoms with E-state index in [4.69, 9.17) is 23.2 Å². The molecule has 0 atom stereocenters. The van der Waals surface area contributed by atoms with Crippen molar-refractivity contribution in [3.63, 3.8) is 0 Å². The number of halogens is 2. The third kappa shape index (κ3) is 5.07. The Morgan fingerprint density at radius 3 is 2.56 bits per heavy atom. The van der Waals surface area contributed by atoms with Crippen LogP contribution in [0.3, 0.4) is 0 Å². The third-order valence-electron chi connectivity index (χ3n) is 4.03. The maximum absolute atomic E-state index is 12.3. The molecular weight excluding hydrogens is 387 g/mol. The van der Waals surface area contributed by atoms with Crippen LogP contribution in [0.15, 0.2) is 47.3 Å². The summed E-state index contributed by atoms with van der Waals surface area (Å²) in [6.07, 6.45) is 0. The normalized spacial score (nSPS) is 11.1. The highest BCUT2D eigenvalue weighted by atomic mass is 35.5. The highest BCUT2D eigenvalue weighted by molar-refractivity contribution is 6.31. The molecule has 0 radical (unpaired) electrons. The number of hydrogen-bond acceptors (Lipinski definition) is 4. The quantitative estimate of drug-likeness (QED) is 0.656. The highest BCUT2D eigenvalue weighted by Crippen LogP contribution is 2.15. The van der Waals surface area contributed by atoms with Gasteiger partial charge in [-0.05, 0) is 49.0 Å². The van der Waals surface area contributed by atoms with Crippen LogP contribution >= 0.6 is 23.2 Å². The van der Waals surface area contributed by atoms with Crippen LogP contribution in [0, 0.1) is 0 Å². The average molecular weight is 405 g/mol. The Bertz CT molecular complexity index is 1020. The number of nitrogens with one attached hydrogen (secondary N) is 2. The van der Waals surface area contributed by atoms with E-state index in [1.54, 1.807) is 42.5 Å². The maximum atomic E-state index is 12.3. The Hall–Kier alpha value is -2.41. The lowest BCUT2D eigenvalue weighted by Crippen LogP contribution is -2.33. The molecule has 0 bridgehead atoms. The number of anilines is 1. The number of likely N-dealkylation sites (N-methyl/N-ethyl adjacent to an activating group) is 1. The van der Waals surface area contributed by atoms with E-state index in [0.29, 0.717) is 45.5 Å². The van der Waals surface area contributed by atoms with Crippen molar-refractivity contribution >= 4 is 45.7 Å². The molecule has 3 aromatic rings. The Balaban J connectivity index is 1.71. The Labute approximate surface area is 166 Å². The summed E-state index contributed by atoms with van der Waals surface area (Å²) in [7, 11) is 0. The number of rotatable bonds is 6. The Kier molecular flexibility index (Phi) is 6.11. The van der Waals surface area contributed by atoms with Crippen molar-refractivity contribution in [2.24, 2.45) is 0 Å². The van der Waals surface area contributed by atoms with Gasteiger partial charge in [0.05, 0.1) is 24.0 Å². The zero-order valence-electron chi connectivity index (χ0n) is 14.6. The topological polar surface area (TPSA) is 78.1 Å². The minimum atomic E-state index is -0.228. The molecule has 8 heteroatoms. The van der Waals surface area contributed by atoms with Crippen molar-refractivity contribution in [2.45, 2.75) is 13.5 Å². The monoisotopic (exact) mass is 404 g/mol. The molecule has 1 heterocycles. The van der Waals surface area contributed by atoms with Gasteiger partial charge in [0, 0.05) is 15.7 Å². The van der Waals surface area contributed by atoms with Crippen LogP contribution in [-0.4, -0.2) is 33.9 Å². The number of carbonyl (C=O) groups excluding carboxylic acids is 1. The number of aromatic nitrogens is 2. The molecule has 0 fully saturated rings. The Morgan fingerprint density at radius 1 is 1.15 bits per heavy atom. The van der Waals surface area contributed by atoms with Crippen LogP contribution in [0.1, 0.15) is 12.7 Å². The van der Waals surface area contributed by atoms with Crippen LogP contribution in [0.5, 0.6) is 0 Å². The molecule has 0 spiro atoms. The van der Waals surface area contributed by atoms with E-state index in [-0.39, 0.29) is 18.0 Å². The van der Waals surface area contributed by atoms with Crippen LogP contribution in [0.25, 0.3) is 10.9 Å². The molecule has 0 aliphatic heterocycles. The molecule has 27 heavy (non-hydrogen) atoms. The summed E-state index contributed by atoms with van der Waals surface area (Å²) in [5.41, 5.74) is 0.976. The first-order valence-electron chi connectivity index (χ1n) is 8.41. The standard InChI is InChI=1S/C19H18Cl2N4O2/c1-2-25(11-18(26)22-14-6-3-12(20)4-7-14)10-17-23-16-9-13(21)5-8-15(16)19(27)24-17/h3-9H,2,10-11H2,1H3,(H,22,26)(H,23,24,27). The van der Waals surface area contributed by atoms with E-state index in [9.17, 15) is 9.59 Å². The van der Waals surface area contributed by atoms with E-state index in [1.807, 2.05) is 11.8 Å². The van der Waals surface area contributed by atoms with Crippen molar-refractivity contribution in [1.29, 1.82) is 0 Å². The fraction of sp³-hybridized carbons (Fsp3) is 0.211. The van der Waals surface area contributed by atoms with Crippen molar-refractivity contribution in [3.05, 3.63) is 68.7 Å². The van der Waals surface area contributed by atoms with Gasteiger partial charge in [0.2, 0.25) is 5.91 Å². The SMILES string of the molecule is CCN(CC(=O)Nc1ccc(Cl)cc1)Cc1nc2cc(Cl)ccc2c(=O)[nH]1. The summed E-state index contributed by atoms with van der Waals surface area (Å²) >= 11 is 11.8. The van der Waals surface area contributed by atoms with Gasteiger partial charge in [-0.3, -0.25) is 14.5 Å². The second-order valence-corrected chi connectivity index (χ2v) is 6.91. The molecule has 2 N–H and O–H groups in total. The number of aromatic amines is 1. The molecule has 0 aliphatic carbocycles. The molecule has 140 valence electrons. The summed E-state index contributed by atoms with van der Waals surface area (Å²) < 4.78 is 0.